The Morgan fingerprint density at radius 1 is 0.472 bits per heavy atom. The number of thiophene rings is 1. The first-order valence-corrected chi connectivity index (χ1v) is 28.2. The van der Waals surface area contributed by atoms with Gasteiger partial charge in [0.2, 0.25) is 0 Å². The predicted octanol–water partition coefficient (Wildman–Crippen LogP) is 17.2. The van der Waals surface area contributed by atoms with Crippen molar-refractivity contribution in [3.63, 3.8) is 0 Å². The second-order valence-electron chi connectivity index (χ2n) is 27.8. The summed E-state index contributed by atoms with van der Waals surface area (Å²) in [6.07, 6.45) is 7.06. The van der Waals surface area contributed by atoms with E-state index in [4.69, 9.17) is 0 Å². The van der Waals surface area contributed by atoms with Crippen LogP contribution in [0.1, 0.15) is 185 Å². The van der Waals surface area contributed by atoms with Crippen molar-refractivity contribution < 1.29 is 0 Å². The molecule has 0 fully saturated rings. The third-order valence-corrected chi connectivity index (χ3v) is 21.2. The number of rotatable bonds is 3. The van der Waals surface area contributed by atoms with Crippen LogP contribution in [0.2, 0.25) is 0 Å². The Bertz CT molecular complexity index is 3410. The van der Waals surface area contributed by atoms with Gasteiger partial charge in [0.1, 0.15) is 0 Å². The minimum atomic E-state index is -0.120. The van der Waals surface area contributed by atoms with Crippen LogP contribution in [0.3, 0.4) is 0 Å². The summed E-state index contributed by atoms with van der Waals surface area (Å²) >= 11 is 2.16. The van der Waals surface area contributed by atoms with E-state index >= 15 is 0 Å². The van der Waals surface area contributed by atoms with Gasteiger partial charge in [0.05, 0.1) is 17.1 Å². The molecule has 4 heteroatoms. The Labute approximate surface area is 436 Å². The smallest absolute Gasteiger partial charge is 0.264 e. The molecule has 72 heavy (non-hydrogen) atoms. The van der Waals surface area contributed by atoms with E-state index in [0.717, 1.165) is 12.8 Å². The average molecular weight is 963 g/mol. The van der Waals surface area contributed by atoms with E-state index in [1.165, 1.54) is 114 Å². The summed E-state index contributed by atoms with van der Waals surface area (Å²) in [5.74, 6) is 0. The summed E-state index contributed by atoms with van der Waals surface area (Å²) in [6.45, 7) is 37.5. The second kappa shape index (κ2) is 14.7. The number of fused-ring (bicyclic) bond motifs is 10. The van der Waals surface area contributed by atoms with Crippen LogP contribution in [-0.4, -0.2) is 6.71 Å². The monoisotopic (exact) mass is 963 g/mol. The highest BCUT2D eigenvalue weighted by Crippen LogP contribution is 2.64. The molecule has 1 atom stereocenters. The third-order valence-electron chi connectivity index (χ3n) is 19.6. The fraction of sp³-hybridized carbons (Fsp3) is 0.412. The number of anilines is 6. The van der Waals surface area contributed by atoms with Crippen molar-refractivity contribution in [2.45, 2.75) is 180 Å². The molecule has 0 spiro atoms. The molecule has 6 aliphatic rings. The van der Waals surface area contributed by atoms with Crippen molar-refractivity contribution in [2.75, 3.05) is 9.80 Å². The van der Waals surface area contributed by atoms with Crippen LogP contribution in [0.5, 0.6) is 0 Å². The quantitative estimate of drug-likeness (QED) is 0.163. The molecule has 0 N–H and O–H groups in total. The van der Waals surface area contributed by atoms with Crippen LogP contribution >= 0.6 is 11.3 Å². The molecule has 7 aromatic rings. The first-order valence-electron chi connectivity index (χ1n) is 27.4. The van der Waals surface area contributed by atoms with Gasteiger partial charge in [0.15, 0.2) is 0 Å². The van der Waals surface area contributed by atoms with Crippen LogP contribution in [0.4, 0.5) is 34.1 Å². The van der Waals surface area contributed by atoms with Crippen LogP contribution in [0.25, 0.3) is 22.3 Å². The molecule has 0 bridgehead atoms. The Morgan fingerprint density at radius 3 is 1.60 bits per heavy atom. The fourth-order valence-corrected chi connectivity index (χ4v) is 16.6. The predicted molar refractivity (Wildman–Crippen MR) is 312 cm³/mol. The molecule has 366 valence electrons. The van der Waals surface area contributed by atoms with E-state index in [-0.39, 0.29) is 44.6 Å². The van der Waals surface area contributed by atoms with Gasteiger partial charge >= 0.3 is 0 Å². The van der Waals surface area contributed by atoms with Gasteiger partial charge in [0, 0.05) is 43.3 Å². The molecule has 4 heterocycles. The van der Waals surface area contributed by atoms with E-state index < -0.39 is 0 Å². The Balaban J connectivity index is 1.22. The molecular formula is C68H75BN2S. The highest BCUT2D eigenvalue weighted by atomic mass is 32.1. The maximum absolute atomic E-state index is 2.85. The van der Waals surface area contributed by atoms with Gasteiger partial charge < -0.3 is 9.80 Å². The fourth-order valence-electron chi connectivity index (χ4n) is 14.9. The van der Waals surface area contributed by atoms with Gasteiger partial charge in [-0.05, 0) is 175 Å². The lowest BCUT2D eigenvalue weighted by Crippen LogP contribution is -2.62. The maximum atomic E-state index is 2.85. The minimum absolute atomic E-state index is 0.0332. The molecule has 1 aromatic heterocycles. The molecule has 6 aromatic carbocycles. The standard InChI is InChI=1S/C68H75BN2S/c1-40-34-52-56-53(35-40)71(57-44(41-22-18-16-19-23-41)36-43(62(2,3)4)37-45(57)42-24-20-17-21-25-42)59-55-60(67(13,14)31-30-66(55,11)12)72-61(59)69(56)50-27-26-46-54-58(50)70(52)51-39-48-47(64(7,8)28-29-65(48,9)10)38-49(51)68(54,15)33-32-63(46,5)6/h16-27,34-39H,28-33H2,1-15H3. The molecule has 13 rings (SSSR count). The third kappa shape index (κ3) is 6.26. The van der Waals surface area contributed by atoms with Crippen molar-refractivity contribution in [2.24, 2.45) is 0 Å². The van der Waals surface area contributed by atoms with Crippen molar-refractivity contribution in [1.29, 1.82) is 0 Å². The molecule has 3 aliphatic heterocycles. The second-order valence-corrected chi connectivity index (χ2v) is 28.9. The zero-order chi connectivity index (χ0) is 50.6. The molecule has 0 radical (unpaired) electrons. The lowest BCUT2D eigenvalue weighted by atomic mass is 9.35. The Morgan fingerprint density at radius 2 is 1.00 bits per heavy atom. The number of nitrogens with zero attached hydrogens (tertiary/aromatic N) is 2. The largest absolute Gasteiger partial charge is 0.311 e. The number of aryl methyl sites for hydroxylation is 1. The molecular weight excluding hydrogens is 888 g/mol. The SMILES string of the molecule is Cc1cc2c3c(c1)N(c1c(-c4ccccc4)cc(C(C)(C)C)cc1-c1ccccc1)c1c(sc4c1C(C)(C)CCC4(C)C)B3c1ccc3c4c1N2c1cc2c(cc1C4(C)CCC3(C)C)C(C)(C)CCC2(C)C. The first kappa shape index (κ1) is 46.5. The van der Waals surface area contributed by atoms with Crippen LogP contribution in [0, 0.1) is 6.92 Å². The Kier molecular flexibility index (Phi) is 9.49. The van der Waals surface area contributed by atoms with Gasteiger partial charge in [-0.25, -0.2) is 0 Å². The molecule has 3 aliphatic carbocycles. The molecule has 2 nitrogen and oxygen atoms in total. The number of hydrogen-bond donors (Lipinski definition) is 0. The van der Waals surface area contributed by atoms with E-state index in [9.17, 15) is 0 Å². The van der Waals surface area contributed by atoms with Crippen molar-refractivity contribution >= 4 is 67.9 Å². The van der Waals surface area contributed by atoms with Crippen molar-refractivity contribution in [3.05, 3.63) is 159 Å². The molecule has 0 amide bonds. The normalized spacial score (nSPS) is 21.7. The van der Waals surface area contributed by atoms with E-state index in [2.05, 4.69) is 234 Å². The van der Waals surface area contributed by atoms with Crippen LogP contribution < -0.4 is 25.5 Å². The van der Waals surface area contributed by atoms with Crippen molar-refractivity contribution in [1.82, 2.24) is 0 Å². The lowest BCUT2D eigenvalue weighted by molar-refractivity contribution is 0.327. The number of benzene rings is 6. The number of hydrogen-bond acceptors (Lipinski definition) is 3. The zero-order valence-corrected chi connectivity index (χ0v) is 46.8. The first-order chi connectivity index (χ1) is 33.8. The summed E-state index contributed by atoms with van der Waals surface area (Å²) in [4.78, 5) is 7.28. The average Bonchev–Trinajstić information content (AvgIpc) is 3.76. The van der Waals surface area contributed by atoms with Crippen LogP contribution in [0.15, 0.2) is 109 Å². The summed E-state index contributed by atoms with van der Waals surface area (Å²) < 4.78 is 1.52. The van der Waals surface area contributed by atoms with Gasteiger partial charge in [0.25, 0.3) is 6.71 Å². The van der Waals surface area contributed by atoms with E-state index in [0.29, 0.717) is 0 Å². The van der Waals surface area contributed by atoms with Gasteiger partial charge in [-0.15, -0.1) is 0 Å². The zero-order valence-electron chi connectivity index (χ0n) is 46.0. The highest BCUT2D eigenvalue weighted by Gasteiger charge is 2.56. The molecule has 0 saturated carbocycles. The summed E-state index contributed by atoms with van der Waals surface area (Å²) in [6, 6.07) is 43.7. The summed E-state index contributed by atoms with van der Waals surface area (Å²) in [5, 5.41) is 0. The van der Waals surface area contributed by atoms with Crippen LogP contribution in [-0.2, 0) is 37.9 Å². The maximum Gasteiger partial charge on any atom is 0.264 e. The van der Waals surface area contributed by atoms with Crippen molar-refractivity contribution in [3.8, 4) is 22.3 Å². The van der Waals surface area contributed by atoms with Gasteiger partial charge in [-0.2, -0.15) is 11.3 Å². The minimum Gasteiger partial charge on any atom is -0.311 e. The van der Waals surface area contributed by atoms with E-state index in [1.807, 2.05) is 0 Å². The molecule has 1 unspecified atom stereocenters. The van der Waals surface area contributed by atoms with Gasteiger partial charge in [-0.1, -0.05) is 176 Å². The summed E-state index contributed by atoms with van der Waals surface area (Å²) in [7, 11) is 0. The lowest BCUT2D eigenvalue weighted by Gasteiger charge is -2.55. The summed E-state index contributed by atoms with van der Waals surface area (Å²) in [5.41, 5.74) is 28.4. The van der Waals surface area contributed by atoms with E-state index in [1.54, 1.807) is 32.7 Å². The Hall–Kier alpha value is -5.32. The topological polar surface area (TPSA) is 6.48 Å². The van der Waals surface area contributed by atoms with Gasteiger partial charge in [-0.3, -0.25) is 0 Å². The molecule has 0 saturated heterocycles. The highest BCUT2D eigenvalue weighted by molar-refractivity contribution is 7.29.